The number of aliphatic imine (C=N–C) groups is 1. The second-order valence-electron chi connectivity index (χ2n) is 11.9. The third-order valence-corrected chi connectivity index (χ3v) is 9.05. The van der Waals surface area contributed by atoms with Crippen LogP contribution in [0.1, 0.15) is 74.3 Å². The maximum Gasteiger partial charge on any atom is 0.425 e. The zero-order valence-corrected chi connectivity index (χ0v) is 24.5. The van der Waals surface area contributed by atoms with E-state index in [1.807, 2.05) is 0 Å². The number of allylic oxidation sites excluding steroid dienone is 1. The molecule has 1 aromatic rings. The standard InChI is InChI=1S/C26H36FN3O8S/c1-11-12-19-26(10,17-15-16(30(33)34)13-14-18(17)27)28-20(25(8,9)39(19,35)36)29(21(31)37-23(2,3)4)22(32)38-24(5,6)7/h11,13-15,19H,1,12H2,2-10H3/t19-,26?/m0/s1. The summed E-state index contributed by atoms with van der Waals surface area (Å²) in [6.07, 6.45) is -1.42. The molecule has 2 rings (SSSR count). The number of nitrogens with zero attached hydrogens (tertiary/aromatic N) is 3. The molecule has 0 radical (unpaired) electrons. The maximum atomic E-state index is 15.3. The van der Waals surface area contributed by atoms with Crippen LogP contribution in [0.15, 0.2) is 35.8 Å². The van der Waals surface area contributed by atoms with E-state index < -0.39 is 76.6 Å². The predicted molar refractivity (Wildman–Crippen MR) is 144 cm³/mol. The van der Waals surface area contributed by atoms with Gasteiger partial charge in [-0.05, 0) is 74.8 Å². The number of sulfone groups is 1. The molecule has 0 spiro atoms. The van der Waals surface area contributed by atoms with Crippen molar-refractivity contribution in [1.29, 1.82) is 0 Å². The molecule has 11 nitrogen and oxygen atoms in total. The summed E-state index contributed by atoms with van der Waals surface area (Å²) in [5.41, 5.74) is -5.14. The van der Waals surface area contributed by atoms with E-state index in [1.54, 1.807) is 41.5 Å². The highest BCUT2D eigenvalue weighted by atomic mass is 32.2. The molecule has 2 amide bonds. The number of rotatable bonds is 4. The molecular formula is C26H36FN3O8S. The molecular weight excluding hydrogens is 533 g/mol. The first kappa shape index (κ1) is 31.9. The number of non-ortho nitro benzene ring substituents is 1. The second kappa shape index (κ2) is 10.3. The fourth-order valence-corrected chi connectivity index (χ4v) is 6.43. The Morgan fingerprint density at radius 2 is 1.62 bits per heavy atom. The highest BCUT2D eigenvalue weighted by molar-refractivity contribution is 7.94. The van der Waals surface area contributed by atoms with E-state index in [0.29, 0.717) is 4.90 Å². The number of carbonyl (C=O) groups excluding carboxylic acids is 2. The predicted octanol–water partition coefficient (Wildman–Crippen LogP) is 5.67. The summed E-state index contributed by atoms with van der Waals surface area (Å²) >= 11 is 0. The average molecular weight is 570 g/mol. The first-order valence-electron chi connectivity index (χ1n) is 12.1. The van der Waals surface area contributed by atoms with Gasteiger partial charge in [-0.3, -0.25) is 15.1 Å². The van der Waals surface area contributed by atoms with Gasteiger partial charge in [0, 0.05) is 17.7 Å². The molecule has 0 bridgehead atoms. The van der Waals surface area contributed by atoms with Gasteiger partial charge in [-0.25, -0.2) is 22.4 Å². The van der Waals surface area contributed by atoms with Gasteiger partial charge >= 0.3 is 12.2 Å². The van der Waals surface area contributed by atoms with Gasteiger partial charge in [-0.15, -0.1) is 6.58 Å². The van der Waals surface area contributed by atoms with E-state index >= 15 is 4.39 Å². The topological polar surface area (TPSA) is 145 Å². The van der Waals surface area contributed by atoms with Crippen molar-refractivity contribution in [2.24, 2.45) is 4.99 Å². The highest BCUT2D eigenvalue weighted by Crippen LogP contribution is 2.47. The van der Waals surface area contributed by atoms with Crippen molar-refractivity contribution in [2.75, 3.05) is 0 Å². The Bertz CT molecular complexity index is 1300. The van der Waals surface area contributed by atoms with Gasteiger partial charge in [0.2, 0.25) is 0 Å². The summed E-state index contributed by atoms with van der Waals surface area (Å²) in [6.45, 7) is 16.7. The van der Waals surface area contributed by atoms with Crippen LogP contribution in [-0.2, 0) is 24.8 Å². The summed E-state index contributed by atoms with van der Waals surface area (Å²) in [6, 6.07) is 2.67. The van der Waals surface area contributed by atoms with Crippen molar-refractivity contribution in [3.8, 4) is 0 Å². The lowest BCUT2D eigenvalue weighted by atomic mass is 9.85. The molecule has 1 heterocycles. The molecule has 0 aliphatic carbocycles. The Labute approximate surface area is 228 Å². The number of nitro groups is 1. The minimum atomic E-state index is -4.41. The molecule has 1 unspecified atom stereocenters. The Morgan fingerprint density at radius 1 is 1.13 bits per heavy atom. The summed E-state index contributed by atoms with van der Waals surface area (Å²) in [5.74, 6) is -1.55. The molecule has 0 saturated carbocycles. The molecule has 0 saturated heterocycles. The SMILES string of the molecule is C=CC[C@H]1C(C)(c2cc([N+](=O)[O-])ccc2F)N=C(N(C(=O)OC(C)(C)C)C(=O)OC(C)(C)C)C(C)(C)S1(=O)=O. The maximum absolute atomic E-state index is 15.3. The van der Waals surface area contributed by atoms with Crippen molar-refractivity contribution < 1.29 is 36.8 Å². The van der Waals surface area contributed by atoms with Crippen molar-refractivity contribution in [3.63, 3.8) is 0 Å². The van der Waals surface area contributed by atoms with E-state index in [4.69, 9.17) is 9.47 Å². The Hall–Kier alpha value is -3.35. The monoisotopic (exact) mass is 569 g/mol. The lowest BCUT2D eigenvalue weighted by molar-refractivity contribution is -0.385. The molecule has 2 atom stereocenters. The number of imide groups is 1. The molecule has 1 aromatic carbocycles. The summed E-state index contributed by atoms with van der Waals surface area (Å²) in [4.78, 5) is 42.5. The number of nitro benzene ring substituents is 1. The third-order valence-electron chi connectivity index (χ3n) is 6.04. The number of carbonyl (C=O) groups is 2. The molecule has 216 valence electrons. The first-order valence-corrected chi connectivity index (χ1v) is 13.7. The number of amidine groups is 1. The fraction of sp³-hybridized carbons (Fsp3) is 0.577. The van der Waals surface area contributed by atoms with E-state index in [1.165, 1.54) is 26.8 Å². The van der Waals surface area contributed by atoms with E-state index in [0.717, 1.165) is 18.2 Å². The Kier molecular flexibility index (Phi) is 8.43. The van der Waals surface area contributed by atoms with Gasteiger partial charge in [0.25, 0.3) is 5.69 Å². The normalized spacial score (nSPS) is 22.3. The van der Waals surface area contributed by atoms with E-state index in [2.05, 4.69) is 11.6 Å². The number of ether oxygens (including phenoxy) is 2. The zero-order valence-electron chi connectivity index (χ0n) is 23.7. The number of amides is 2. The lowest BCUT2D eigenvalue weighted by Gasteiger charge is -2.46. The summed E-state index contributed by atoms with van der Waals surface area (Å²) < 4.78 is 52.4. The van der Waals surface area contributed by atoms with Crippen molar-refractivity contribution in [1.82, 2.24) is 4.90 Å². The largest absolute Gasteiger partial charge is 0.443 e. The first-order chi connectivity index (χ1) is 17.5. The minimum Gasteiger partial charge on any atom is -0.443 e. The summed E-state index contributed by atoms with van der Waals surface area (Å²) in [7, 11) is -4.41. The Balaban J connectivity index is 3.04. The van der Waals surface area contributed by atoms with Gasteiger partial charge in [-0.1, -0.05) is 6.08 Å². The van der Waals surface area contributed by atoms with Crippen molar-refractivity contribution in [3.05, 3.63) is 52.3 Å². The van der Waals surface area contributed by atoms with Crippen LogP contribution in [0.25, 0.3) is 0 Å². The fourth-order valence-electron chi connectivity index (χ4n) is 4.15. The van der Waals surface area contributed by atoms with Crippen LogP contribution in [-0.4, -0.2) is 57.5 Å². The van der Waals surface area contributed by atoms with Gasteiger partial charge in [0.15, 0.2) is 9.84 Å². The highest BCUT2D eigenvalue weighted by Gasteiger charge is 2.60. The Morgan fingerprint density at radius 3 is 2.03 bits per heavy atom. The third kappa shape index (κ3) is 6.29. The molecule has 0 fully saturated rings. The van der Waals surface area contributed by atoms with Gasteiger partial charge < -0.3 is 9.47 Å². The van der Waals surface area contributed by atoms with Crippen molar-refractivity contribution in [2.45, 2.75) is 95.5 Å². The summed E-state index contributed by atoms with van der Waals surface area (Å²) in [5, 5.41) is 10.0. The van der Waals surface area contributed by atoms with Crippen LogP contribution in [0, 0.1) is 15.9 Å². The zero-order chi connectivity index (χ0) is 30.4. The molecule has 1 aliphatic heterocycles. The van der Waals surface area contributed by atoms with E-state index in [9.17, 15) is 28.1 Å². The number of hydrogen-bond acceptors (Lipinski definition) is 9. The lowest BCUT2D eigenvalue weighted by Crippen LogP contribution is -2.64. The second-order valence-corrected chi connectivity index (χ2v) is 14.5. The number of halogens is 1. The molecule has 0 aromatic heterocycles. The van der Waals surface area contributed by atoms with E-state index in [-0.39, 0.29) is 6.42 Å². The van der Waals surface area contributed by atoms with Crippen molar-refractivity contribution >= 4 is 33.5 Å². The molecule has 39 heavy (non-hydrogen) atoms. The number of benzene rings is 1. The molecule has 13 heteroatoms. The minimum absolute atomic E-state index is 0.208. The van der Waals surface area contributed by atoms with Crippen LogP contribution in [0.2, 0.25) is 0 Å². The quantitative estimate of drug-likeness (QED) is 0.256. The van der Waals surface area contributed by atoms with Gasteiger partial charge in [0.05, 0.1) is 10.2 Å². The number of hydrogen-bond donors (Lipinski definition) is 0. The molecule has 0 N–H and O–H groups in total. The average Bonchev–Trinajstić information content (AvgIpc) is 2.73. The van der Waals surface area contributed by atoms with Crippen LogP contribution < -0.4 is 0 Å². The van der Waals surface area contributed by atoms with Crippen LogP contribution >= 0.6 is 0 Å². The van der Waals surface area contributed by atoms with Crippen LogP contribution in [0.4, 0.5) is 19.7 Å². The van der Waals surface area contributed by atoms with Crippen LogP contribution in [0.5, 0.6) is 0 Å². The molecule has 1 aliphatic rings. The van der Waals surface area contributed by atoms with Gasteiger partial charge in [-0.2, -0.15) is 4.90 Å². The smallest absolute Gasteiger partial charge is 0.425 e. The van der Waals surface area contributed by atoms with Crippen LogP contribution in [0.3, 0.4) is 0 Å². The van der Waals surface area contributed by atoms with Gasteiger partial charge in [0.1, 0.15) is 33.1 Å².